The van der Waals surface area contributed by atoms with Crippen molar-refractivity contribution >= 4 is 5.97 Å². The van der Waals surface area contributed by atoms with Crippen LogP contribution in [0.25, 0.3) is 0 Å². The van der Waals surface area contributed by atoms with Gasteiger partial charge in [-0.05, 0) is 19.4 Å². The SMILES string of the molecule is O=NOC(=O)C1CCCN1. The van der Waals surface area contributed by atoms with E-state index in [0.717, 1.165) is 19.4 Å². The van der Waals surface area contributed by atoms with Gasteiger partial charge in [0.15, 0.2) is 5.34 Å². The van der Waals surface area contributed by atoms with Crippen molar-refractivity contribution in [3.05, 3.63) is 4.91 Å². The summed E-state index contributed by atoms with van der Waals surface area (Å²) in [5.74, 6) is -0.576. The molecular formula is C5H8N2O3. The molecule has 1 heterocycles. The molecule has 0 saturated carbocycles. The maximum Gasteiger partial charge on any atom is 0.355 e. The largest absolute Gasteiger partial charge is 0.355 e. The zero-order valence-corrected chi connectivity index (χ0v) is 5.37. The third-order valence-corrected chi connectivity index (χ3v) is 1.47. The number of rotatable bonds is 2. The average molecular weight is 144 g/mol. The molecule has 10 heavy (non-hydrogen) atoms. The van der Waals surface area contributed by atoms with Gasteiger partial charge in [0, 0.05) is 0 Å². The zero-order valence-electron chi connectivity index (χ0n) is 5.37. The Labute approximate surface area is 57.7 Å². The third kappa shape index (κ3) is 1.51. The molecule has 1 unspecified atom stereocenters. The number of nitrogens with one attached hydrogen (secondary N) is 1. The molecule has 1 aliphatic heterocycles. The first-order valence-corrected chi connectivity index (χ1v) is 3.11. The van der Waals surface area contributed by atoms with E-state index in [4.69, 9.17) is 0 Å². The van der Waals surface area contributed by atoms with Gasteiger partial charge in [0.2, 0.25) is 0 Å². The lowest BCUT2D eigenvalue weighted by Gasteiger charge is -2.02. The van der Waals surface area contributed by atoms with Crippen LogP contribution in [0.5, 0.6) is 0 Å². The van der Waals surface area contributed by atoms with Crippen molar-refractivity contribution < 1.29 is 9.63 Å². The second-order valence-electron chi connectivity index (χ2n) is 2.13. The smallest absolute Gasteiger partial charge is 0.304 e. The van der Waals surface area contributed by atoms with Crippen LogP contribution in [-0.2, 0) is 9.63 Å². The van der Waals surface area contributed by atoms with Gasteiger partial charge in [-0.3, -0.25) is 4.84 Å². The fourth-order valence-corrected chi connectivity index (χ4v) is 0.986. The van der Waals surface area contributed by atoms with E-state index in [9.17, 15) is 9.70 Å². The zero-order chi connectivity index (χ0) is 7.40. The van der Waals surface area contributed by atoms with Crippen molar-refractivity contribution in [2.75, 3.05) is 6.54 Å². The van der Waals surface area contributed by atoms with Crippen molar-refractivity contribution in [1.29, 1.82) is 0 Å². The summed E-state index contributed by atoms with van der Waals surface area (Å²) in [7, 11) is 0. The summed E-state index contributed by atoms with van der Waals surface area (Å²) in [6.07, 6.45) is 1.67. The Balaban J connectivity index is 2.32. The fourth-order valence-electron chi connectivity index (χ4n) is 0.986. The first kappa shape index (κ1) is 7.14. The molecule has 1 aliphatic rings. The molecule has 0 spiro atoms. The monoisotopic (exact) mass is 144 g/mol. The number of hydrogen-bond donors (Lipinski definition) is 1. The van der Waals surface area contributed by atoms with E-state index in [2.05, 4.69) is 10.2 Å². The maximum absolute atomic E-state index is 10.7. The van der Waals surface area contributed by atoms with Gasteiger partial charge < -0.3 is 5.32 Å². The van der Waals surface area contributed by atoms with Crippen LogP contribution in [0.2, 0.25) is 0 Å². The third-order valence-electron chi connectivity index (χ3n) is 1.47. The minimum Gasteiger partial charge on any atom is -0.304 e. The van der Waals surface area contributed by atoms with Gasteiger partial charge >= 0.3 is 5.97 Å². The average Bonchev–Trinajstić information content (AvgIpc) is 2.38. The molecule has 5 heteroatoms. The molecule has 0 aromatic carbocycles. The minimum absolute atomic E-state index is 0.322. The minimum atomic E-state index is -0.576. The van der Waals surface area contributed by atoms with E-state index in [1.807, 2.05) is 5.34 Å². The van der Waals surface area contributed by atoms with Gasteiger partial charge in [-0.25, -0.2) is 4.79 Å². The Morgan fingerprint density at radius 2 is 2.50 bits per heavy atom. The van der Waals surface area contributed by atoms with Crippen LogP contribution in [-0.4, -0.2) is 18.6 Å². The van der Waals surface area contributed by atoms with Crippen LogP contribution < -0.4 is 5.32 Å². The van der Waals surface area contributed by atoms with Crippen LogP contribution in [0.15, 0.2) is 5.34 Å². The Morgan fingerprint density at radius 3 is 3.00 bits per heavy atom. The normalized spacial score (nSPS) is 24.2. The summed E-state index contributed by atoms with van der Waals surface area (Å²) in [6.45, 7) is 0.804. The van der Waals surface area contributed by atoms with E-state index in [-0.39, 0.29) is 6.04 Å². The summed E-state index contributed by atoms with van der Waals surface area (Å²) in [5.41, 5.74) is 0. The Bertz CT molecular complexity index is 142. The van der Waals surface area contributed by atoms with Crippen molar-refractivity contribution in [3.63, 3.8) is 0 Å². The Hall–Kier alpha value is -0.970. The maximum atomic E-state index is 10.7. The molecular weight excluding hydrogens is 136 g/mol. The summed E-state index contributed by atoms with van der Waals surface area (Å²) in [4.78, 5) is 24.0. The predicted molar refractivity (Wildman–Crippen MR) is 32.9 cm³/mol. The second kappa shape index (κ2) is 3.26. The van der Waals surface area contributed by atoms with Crippen LogP contribution in [0.4, 0.5) is 0 Å². The molecule has 56 valence electrons. The van der Waals surface area contributed by atoms with Gasteiger partial charge in [-0.1, -0.05) is 0 Å². The molecule has 0 amide bonds. The van der Waals surface area contributed by atoms with Crippen molar-refractivity contribution in [1.82, 2.24) is 5.32 Å². The number of carbonyl (C=O) groups is 1. The van der Waals surface area contributed by atoms with Gasteiger partial charge in [-0.15, -0.1) is 4.91 Å². The van der Waals surface area contributed by atoms with E-state index in [0.29, 0.717) is 0 Å². The van der Waals surface area contributed by atoms with E-state index < -0.39 is 5.97 Å². The highest BCUT2D eigenvalue weighted by atomic mass is 16.7. The van der Waals surface area contributed by atoms with E-state index in [1.54, 1.807) is 0 Å². The standard InChI is InChI=1S/C5H8N2O3/c8-5(10-7-9)4-2-1-3-6-4/h4,6H,1-3H2. The summed E-state index contributed by atoms with van der Waals surface area (Å²) < 4.78 is 0. The summed E-state index contributed by atoms with van der Waals surface area (Å²) in [5, 5.41) is 4.91. The van der Waals surface area contributed by atoms with Crippen molar-refractivity contribution in [2.45, 2.75) is 18.9 Å². The molecule has 1 rings (SSSR count). The van der Waals surface area contributed by atoms with Gasteiger partial charge in [-0.2, -0.15) is 0 Å². The molecule has 0 bridgehead atoms. The van der Waals surface area contributed by atoms with Crippen LogP contribution in [0.1, 0.15) is 12.8 Å². The quantitative estimate of drug-likeness (QED) is 0.436. The number of hydrogen-bond acceptors (Lipinski definition) is 5. The summed E-state index contributed by atoms with van der Waals surface area (Å²) in [6, 6.07) is -0.322. The molecule has 1 saturated heterocycles. The van der Waals surface area contributed by atoms with E-state index >= 15 is 0 Å². The topological polar surface area (TPSA) is 67.8 Å². The molecule has 1 atom stereocenters. The number of carbonyl (C=O) groups excluding carboxylic acids is 1. The Kier molecular flexibility index (Phi) is 2.33. The Morgan fingerprint density at radius 1 is 1.70 bits per heavy atom. The van der Waals surface area contributed by atoms with Crippen LogP contribution in [0.3, 0.4) is 0 Å². The molecule has 1 fully saturated rings. The van der Waals surface area contributed by atoms with Crippen molar-refractivity contribution in [3.8, 4) is 0 Å². The lowest BCUT2D eigenvalue weighted by molar-refractivity contribution is -0.146. The van der Waals surface area contributed by atoms with Crippen LogP contribution in [0, 0.1) is 4.91 Å². The molecule has 5 nitrogen and oxygen atoms in total. The highest BCUT2D eigenvalue weighted by Crippen LogP contribution is 2.05. The van der Waals surface area contributed by atoms with E-state index in [1.165, 1.54) is 0 Å². The lowest BCUT2D eigenvalue weighted by Crippen LogP contribution is -2.31. The van der Waals surface area contributed by atoms with Crippen LogP contribution >= 0.6 is 0 Å². The molecule has 0 aromatic heterocycles. The fraction of sp³-hybridized carbons (Fsp3) is 0.800. The first-order valence-electron chi connectivity index (χ1n) is 3.11. The van der Waals surface area contributed by atoms with Gasteiger partial charge in [0.1, 0.15) is 6.04 Å². The molecule has 0 radical (unpaired) electrons. The summed E-state index contributed by atoms with van der Waals surface area (Å²) >= 11 is 0. The molecule has 1 N–H and O–H groups in total. The van der Waals surface area contributed by atoms with Crippen molar-refractivity contribution in [2.24, 2.45) is 5.34 Å². The predicted octanol–water partition coefficient (Wildman–Crippen LogP) is -0.0370. The molecule has 0 aliphatic carbocycles. The highest BCUT2D eigenvalue weighted by Gasteiger charge is 2.23. The lowest BCUT2D eigenvalue weighted by atomic mass is 10.2. The van der Waals surface area contributed by atoms with Gasteiger partial charge in [0.25, 0.3) is 0 Å². The highest BCUT2D eigenvalue weighted by molar-refractivity contribution is 5.75. The number of nitrogens with zero attached hydrogens (tertiary/aromatic N) is 1. The molecule has 0 aromatic rings. The van der Waals surface area contributed by atoms with Gasteiger partial charge in [0.05, 0.1) is 0 Å². The second-order valence-corrected chi connectivity index (χ2v) is 2.13. The first-order chi connectivity index (χ1) is 4.84.